The molecule has 34 heavy (non-hydrogen) atoms. The number of fused-ring (bicyclic) bond motifs is 1. The van der Waals surface area contributed by atoms with Gasteiger partial charge in [-0.15, -0.1) is 0 Å². The van der Waals surface area contributed by atoms with Crippen LogP contribution in [0.5, 0.6) is 0 Å². The van der Waals surface area contributed by atoms with Crippen molar-refractivity contribution in [2.24, 2.45) is 0 Å². The fourth-order valence-electron chi connectivity index (χ4n) is 3.14. The Kier molecular flexibility index (Phi) is 6.88. The lowest BCUT2D eigenvalue weighted by molar-refractivity contribution is -0.137. The molecule has 5 nitrogen and oxygen atoms in total. The molecule has 3 aromatic carbocycles. The second-order valence-electron chi connectivity index (χ2n) is 7.06. The van der Waals surface area contributed by atoms with Crippen LogP contribution in [0.3, 0.4) is 0 Å². The van der Waals surface area contributed by atoms with Crippen molar-refractivity contribution >= 4 is 57.5 Å². The first kappa shape index (κ1) is 24.1. The molecule has 4 aromatic rings. The van der Waals surface area contributed by atoms with Crippen molar-refractivity contribution in [2.75, 3.05) is 11.1 Å². The first-order valence-electron chi connectivity index (χ1n) is 9.70. The van der Waals surface area contributed by atoms with E-state index >= 15 is 0 Å². The van der Waals surface area contributed by atoms with Gasteiger partial charge in [0.25, 0.3) is 5.56 Å². The quantitative estimate of drug-likeness (QED) is 0.241. The van der Waals surface area contributed by atoms with E-state index in [4.69, 9.17) is 23.2 Å². The Morgan fingerprint density at radius 3 is 2.44 bits per heavy atom. The Bertz CT molecular complexity index is 1440. The highest BCUT2D eigenvalue weighted by atomic mass is 35.5. The fourth-order valence-corrected chi connectivity index (χ4v) is 4.24. The molecule has 0 aliphatic heterocycles. The summed E-state index contributed by atoms with van der Waals surface area (Å²) in [5.41, 5.74) is -0.494. The van der Waals surface area contributed by atoms with Crippen LogP contribution in [0.1, 0.15) is 5.56 Å². The largest absolute Gasteiger partial charge is 0.416 e. The number of carbonyl (C=O) groups excluding carboxylic acids is 1. The number of hydrogen-bond acceptors (Lipinski definition) is 4. The summed E-state index contributed by atoms with van der Waals surface area (Å²) in [5.74, 6) is -0.846. The summed E-state index contributed by atoms with van der Waals surface area (Å²) in [6, 6.07) is 16.0. The zero-order valence-electron chi connectivity index (χ0n) is 17.1. The van der Waals surface area contributed by atoms with Crippen molar-refractivity contribution in [1.82, 2.24) is 9.55 Å². The SMILES string of the molecule is O=C(CSc1nc2ccccc2c(=O)n1-c1ccc(Cl)cc1)Nc1cc(C(F)(F)F)ccc1Cl. The molecule has 0 spiro atoms. The van der Waals surface area contributed by atoms with E-state index in [1.54, 1.807) is 48.5 Å². The first-order chi connectivity index (χ1) is 16.1. The normalized spacial score (nSPS) is 11.6. The van der Waals surface area contributed by atoms with Crippen LogP contribution in [-0.2, 0) is 11.0 Å². The number of rotatable bonds is 5. The molecule has 0 aliphatic carbocycles. The maximum Gasteiger partial charge on any atom is 0.416 e. The van der Waals surface area contributed by atoms with Crippen LogP contribution in [0.15, 0.2) is 76.7 Å². The molecule has 0 atom stereocenters. The van der Waals surface area contributed by atoms with Gasteiger partial charge in [0.05, 0.1) is 38.6 Å². The third kappa shape index (κ3) is 5.22. The van der Waals surface area contributed by atoms with Gasteiger partial charge in [0, 0.05) is 5.02 Å². The van der Waals surface area contributed by atoms with Gasteiger partial charge >= 0.3 is 6.18 Å². The highest BCUT2D eigenvalue weighted by molar-refractivity contribution is 7.99. The number of aromatic nitrogens is 2. The monoisotopic (exact) mass is 523 g/mol. The highest BCUT2D eigenvalue weighted by Crippen LogP contribution is 2.34. The van der Waals surface area contributed by atoms with Gasteiger partial charge in [-0.25, -0.2) is 4.98 Å². The van der Waals surface area contributed by atoms with Crippen LogP contribution in [0.25, 0.3) is 16.6 Å². The molecular formula is C23H14Cl2F3N3O2S. The van der Waals surface area contributed by atoms with E-state index < -0.39 is 17.6 Å². The van der Waals surface area contributed by atoms with Gasteiger partial charge in [0.15, 0.2) is 5.16 Å². The number of carbonyl (C=O) groups is 1. The van der Waals surface area contributed by atoms with Gasteiger partial charge in [0.2, 0.25) is 5.91 Å². The number of thioether (sulfide) groups is 1. The molecule has 0 unspecified atom stereocenters. The number of nitrogens with one attached hydrogen (secondary N) is 1. The Morgan fingerprint density at radius 2 is 1.74 bits per heavy atom. The van der Waals surface area contributed by atoms with Crippen LogP contribution >= 0.6 is 35.0 Å². The van der Waals surface area contributed by atoms with E-state index in [0.29, 0.717) is 21.6 Å². The average Bonchev–Trinajstić information content (AvgIpc) is 2.79. The minimum absolute atomic E-state index is 0.0340. The Balaban J connectivity index is 1.64. The average molecular weight is 524 g/mol. The summed E-state index contributed by atoms with van der Waals surface area (Å²) in [5, 5.41) is 3.46. The van der Waals surface area contributed by atoms with Gasteiger partial charge in [-0.3, -0.25) is 14.2 Å². The van der Waals surface area contributed by atoms with E-state index in [1.807, 2.05) is 0 Å². The molecule has 174 valence electrons. The van der Waals surface area contributed by atoms with Gasteiger partial charge in [-0.2, -0.15) is 13.2 Å². The van der Waals surface area contributed by atoms with Crippen molar-refractivity contribution in [3.63, 3.8) is 0 Å². The second kappa shape index (κ2) is 9.69. The molecular weight excluding hydrogens is 510 g/mol. The van der Waals surface area contributed by atoms with E-state index in [9.17, 15) is 22.8 Å². The van der Waals surface area contributed by atoms with Crippen LogP contribution in [-0.4, -0.2) is 21.2 Å². The topological polar surface area (TPSA) is 64.0 Å². The number of benzene rings is 3. The molecule has 1 aromatic heterocycles. The smallest absolute Gasteiger partial charge is 0.324 e. The maximum absolute atomic E-state index is 13.2. The molecule has 1 N–H and O–H groups in total. The fraction of sp³-hybridized carbons (Fsp3) is 0.0870. The molecule has 0 bridgehead atoms. The minimum atomic E-state index is -4.58. The van der Waals surface area contributed by atoms with Crippen LogP contribution < -0.4 is 10.9 Å². The van der Waals surface area contributed by atoms with Crippen molar-refractivity contribution in [3.05, 3.63) is 92.7 Å². The lowest BCUT2D eigenvalue weighted by Gasteiger charge is -2.14. The molecule has 4 rings (SSSR count). The van der Waals surface area contributed by atoms with Crippen LogP contribution in [0.2, 0.25) is 10.0 Å². The van der Waals surface area contributed by atoms with Gasteiger partial charge in [0.1, 0.15) is 0 Å². The third-order valence-electron chi connectivity index (χ3n) is 4.73. The molecule has 0 radical (unpaired) electrons. The second-order valence-corrected chi connectivity index (χ2v) is 8.84. The molecule has 0 saturated heterocycles. The number of anilines is 1. The maximum atomic E-state index is 13.2. The Hall–Kier alpha value is -3.01. The van der Waals surface area contributed by atoms with E-state index in [0.717, 1.165) is 30.0 Å². The van der Waals surface area contributed by atoms with E-state index in [-0.39, 0.29) is 27.2 Å². The number of amides is 1. The number of halogens is 5. The van der Waals surface area contributed by atoms with Crippen molar-refractivity contribution in [3.8, 4) is 5.69 Å². The molecule has 0 fully saturated rings. The summed E-state index contributed by atoms with van der Waals surface area (Å²) in [4.78, 5) is 30.2. The van der Waals surface area contributed by atoms with E-state index in [1.165, 1.54) is 4.57 Å². The van der Waals surface area contributed by atoms with Gasteiger partial charge < -0.3 is 5.32 Å². The lowest BCUT2D eigenvalue weighted by atomic mass is 10.2. The molecule has 0 aliphatic rings. The van der Waals surface area contributed by atoms with Crippen LogP contribution in [0.4, 0.5) is 18.9 Å². The number of hydrogen-bond donors (Lipinski definition) is 1. The van der Waals surface area contributed by atoms with Crippen molar-refractivity contribution in [2.45, 2.75) is 11.3 Å². The number of alkyl halides is 3. The van der Waals surface area contributed by atoms with E-state index in [2.05, 4.69) is 10.3 Å². The predicted octanol–water partition coefficient (Wildman–Crippen LogP) is 6.44. The zero-order valence-corrected chi connectivity index (χ0v) is 19.4. The van der Waals surface area contributed by atoms with Crippen LogP contribution in [0, 0.1) is 0 Å². The zero-order chi connectivity index (χ0) is 24.5. The molecule has 0 saturated carbocycles. The number of para-hydroxylation sites is 1. The molecule has 1 heterocycles. The summed E-state index contributed by atoms with van der Waals surface area (Å²) in [7, 11) is 0. The predicted molar refractivity (Wildman–Crippen MR) is 128 cm³/mol. The third-order valence-corrected chi connectivity index (χ3v) is 6.25. The van der Waals surface area contributed by atoms with Gasteiger partial charge in [-0.05, 0) is 54.6 Å². The van der Waals surface area contributed by atoms with Crippen molar-refractivity contribution in [1.29, 1.82) is 0 Å². The standard InChI is InChI=1S/C23H14Cl2F3N3O2S/c24-14-6-8-15(9-7-14)31-21(33)16-3-1-2-4-18(16)30-22(31)34-12-20(32)29-19-11-13(23(26,27)28)5-10-17(19)25/h1-11H,12H2,(H,29,32). The van der Waals surface area contributed by atoms with Crippen molar-refractivity contribution < 1.29 is 18.0 Å². The summed E-state index contributed by atoms with van der Waals surface area (Å²) < 4.78 is 40.3. The highest BCUT2D eigenvalue weighted by Gasteiger charge is 2.31. The summed E-state index contributed by atoms with van der Waals surface area (Å²) >= 11 is 12.9. The first-order valence-corrected chi connectivity index (χ1v) is 11.4. The molecule has 1 amide bonds. The number of nitrogens with zero attached hydrogens (tertiary/aromatic N) is 2. The summed E-state index contributed by atoms with van der Waals surface area (Å²) in [6.07, 6.45) is -4.58. The van der Waals surface area contributed by atoms with Gasteiger partial charge in [-0.1, -0.05) is 47.1 Å². The Morgan fingerprint density at radius 1 is 1.03 bits per heavy atom. The summed E-state index contributed by atoms with van der Waals surface area (Å²) in [6.45, 7) is 0. The molecule has 11 heteroatoms. The minimum Gasteiger partial charge on any atom is -0.324 e. The lowest BCUT2D eigenvalue weighted by Crippen LogP contribution is -2.23. The Labute approximate surface area is 205 Å².